The summed E-state index contributed by atoms with van der Waals surface area (Å²) < 4.78 is 1.76. The number of aryl methyl sites for hydroxylation is 1. The van der Waals surface area contributed by atoms with Crippen LogP contribution >= 0.6 is 11.3 Å². The van der Waals surface area contributed by atoms with Gasteiger partial charge < -0.3 is 0 Å². The maximum Gasteiger partial charge on any atom is 0.208 e. The highest BCUT2D eigenvalue weighted by Crippen LogP contribution is 2.26. The van der Waals surface area contributed by atoms with Crippen molar-refractivity contribution in [3.63, 3.8) is 0 Å². The lowest BCUT2D eigenvalue weighted by Gasteiger charge is -2.09. The van der Waals surface area contributed by atoms with Crippen LogP contribution in [0.25, 0.3) is 16.9 Å². The van der Waals surface area contributed by atoms with E-state index in [1.54, 1.807) is 16.9 Å². The van der Waals surface area contributed by atoms with Crippen molar-refractivity contribution in [2.75, 3.05) is 0 Å². The largest absolute Gasteiger partial charge is 0.287 e. The fourth-order valence-electron chi connectivity index (χ4n) is 2.87. The first-order chi connectivity index (χ1) is 11.8. The summed E-state index contributed by atoms with van der Waals surface area (Å²) in [5.74, 6) is -0.0339. The Kier molecular flexibility index (Phi) is 3.70. The van der Waals surface area contributed by atoms with Crippen molar-refractivity contribution in [1.29, 1.82) is 0 Å². The van der Waals surface area contributed by atoms with Crippen molar-refractivity contribution in [3.05, 3.63) is 76.2 Å². The lowest BCUT2D eigenvalue weighted by atomic mass is 10.0. The third-order valence-electron chi connectivity index (χ3n) is 4.07. The monoisotopic (exact) mass is 333 g/mol. The van der Waals surface area contributed by atoms with Crippen molar-refractivity contribution in [2.24, 2.45) is 0 Å². The van der Waals surface area contributed by atoms with Crippen LogP contribution in [-0.2, 0) is 6.42 Å². The molecule has 4 nitrogen and oxygen atoms in total. The fourth-order valence-corrected chi connectivity index (χ4v) is 3.55. The molecule has 0 radical (unpaired) electrons. The van der Waals surface area contributed by atoms with Gasteiger partial charge in [-0.25, -0.2) is 9.50 Å². The van der Waals surface area contributed by atoms with Crippen LogP contribution in [0.3, 0.4) is 0 Å². The minimum Gasteiger partial charge on any atom is -0.287 e. The Balaban J connectivity index is 1.90. The van der Waals surface area contributed by atoms with Gasteiger partial charge >= 0.3 is 0 Å². The smallest absolute Gasteiger partial charge is 0.208 e. The Bertz CT molecular complexity index is 1020. The zero-order valence-electron chi connectivity index (χ0n) is 13.1. The van der Waals surface area contributed by atoms with E-state index < -0.39 is 0 Å². The molecule has 0 aliphatic heterocycles. The molecule has 0 spiro atoms. The molecule has 0 unspecified atom stereocenters. The molecule has 0 saturated carbocycles. The number of carbonyl (C=O) groups excluding carboxylic acids is 1. The van der Waals surface area contributed by atoms with Gasteiger partial charge in [-0.3, -0.25) is 4.79 Å². The first kappa shape index (κ1) is 14.8. The molecular weight excluding hydrogens is 318 g/mol. The third kappa shape index (κ3) is 2.34. The van der Waals surface area contributed by atoms with E-state index in [0.717, 1.165) is 17.7 Å². The number of aromatic nitrogens is 3. The van der Waals surface area contributed by atoms with Gasteiger partial charge in [-0.1, -0.05) is 37.3 Å². The second-order valence-electron chi connectivity index (χ2n) is 5.44. The highest BCUT2D eigenvalue weighted by molar-refractivity contribution is 7.12. The molecule has 5 heteroatoms. The molecular formula is C19H15N3OS. The summed E-state index contributed by atoms with van der Waals surface area (Å²) in [4.78, 5) is 17.8. The first-order valence-electron chi connectivity index (χ1n) is 7.79. The summed E-state index contributed by atoms with van der Waals surface area (Å²) in [5.41, 5.74) is 4.44. The summed E-state index contributed by atoms with van der Waals surface area (Å²) in [6.07, 6.45) is 4.29. The Morgan fingerprint density at radius 2 is 2.04 bits per heavy atom. The lowest BCUT2D eigenvalue weighted by Crippen LogP contribution is -2.01. The van der Waals surface area contributed by atoms with Gasteiger partial charge in [-0.2, -0.15) is 5.10 Å². The maximum atomic E-state index is 12.7. The van der Waals surface area contributed by atoms with Crippen molar-refractivity contribution in [1.82, 2.24) is 14.6 Å². The Morgan fingerprint density at radius 3 is 2.83 bits per heavy atom. The molecule has 4 aromatic rings. The first-order valence-corrected chi connectivity index (χ1v) is 8.66. The minimum absolute atomic E-state index is 0.0339. The number of nitrogens with zero attached hydrogens (tertiary/aromatic N) is 3. The molecule has 0 aliphatic carbocycles. The zero-order chi connectivity index (χ0) is 16.5. The number of benzene rings is 1. The molecule has 3 aromatic heterocycles. The molecule has 0 fully saturated rings. The Labute approximate surface area is 143 Å². The van der Waals surface area contributed by atoms with E-state index in [4.69, 9.17) is 0 Å². The predicted molar refractivity (Wildman–Crippen MR) is 95.6 cm³/mol. The van der Waals surface area contributed by atoms with Crippen LogP contribution in [0, 0.1) is 0 Å². The minimum atomic E-state index is -0.0339. The van der Waals surface area contributed by atoms with Gasteiger partial charge in [0.15, 0.2) is 5.65 Å². The molecule has 0 bridgehead atoms. The highest BCUT2D eigenvalue weighted by Gasteiger charge is 2.18. The van der Waals surface area contributed by atoms with E-state index in [-0.39, 0.29) is 5.78 Å². The Morgan fingerprint density at radius 1 is 1.17 bits per heavy atom. The normalized spacial score (nSPS) is 11.0. The van der Waals surface area contributed by atoms with Gasteiger partial charge in [0.1, 0.15) is 0 Å². The van der Waals surface area contributed by atoms with Gasteiger partial charge in [-0.15, -0.1) is 11.3 Å². The van der Waals surface area contributed by atoms with Crippen LogP contribution in [-0.4, -0.2) is 20.4 Å². The van der Waals surface area contributed by atoms with Crippen molar-refractivity contribution in [3.8, 4) is 11.3 Å². The number of hydrogen-bond donors (Lipinski definition) is 0. The fraction of sp³-hybridized carbons (Fsp3) is 0.105. The molecule has 0 saturated heterocycles. The second kappa shape index (κ2) is 6.02. The maximum absolute atomic E-state index is 12.7. The predicted octanol–water partition coefficient (Wildman–Crippen LogP) is 4.25. The average Bonchev–Trinajstić information content (AvgIpc) is 3.30. The SMILES string of the molecule is CCc1ccccc1-c1ccnc2c(C(=O)c3cccs3)cnn12. The molecule has 0 aliphatic rings. The quantitative estimate of drug-likeness (QED) is 0.525. The van der Waals surface area contributed by atoms with Crippen LogP contribution in [0.4, 0.5) is 0 Å². The molecule has 3 heterocycles. The van der Waals surface area contributed by atoms with Crippen LogP contribution < -0.4 is 0 Å². The average molecular weight is 333 g/mol. The van der Waals surface area contributed by atoms with E-state index in [2.05, 4.69) is 29.1 Å². The van der Waals surface area contributed by atoms with Gasteiger partial charge in [0.05, 0.1) is 22.3 Å². The van der Waals surface area contributed by atoms with Crippen LogP contribution in [0.2, 0.25) is 0 Å². The van der Waals surface area contributed by atoms with E-state index in [9.17, 15) is 4.79 Å². The number of thiophene rings is 1. The molecule has 118 valence electrons. The zero-order valence-corrected chi connectivity index (χ0v) is 14.0. The molecule has 24 heavy (non-hydrogen) atoms. The highest BCUT2D eigenvalue weighted by atomic mass is 32.1. The molecule has 4 rings (SSSR count). The van der Waals surface area contributed by atoms with E-state index >= 15 is 0 Å². The van der Waals surface area contributed by atoms with Crippen LogP contribution in [0.5, 0.6) is 0 Å². The van der Waals surface area contributed by atoms with E-state index in [0.29, 0.717) is 16.1 Å². The topological polar surface area (TPSA) is 47.3 Å². The number of fused-ring (bicyclic) bond motifs is 1. The summed E-state index contributed by atoms with van der Waals surface area (Å²) in [6, 6.07) is 13.9. The lowest BCUT2D eigenvalue weighted by molar-refractivity contribution is 0.104. The van der Waals surface area contributed by atoms with Crippen molar-refractivity contribution >= 4 is 22.8 Å². The summed E-state index contributed by atoms with van der Waals surface area (Å²) >= 11 is 1.43. The summed E-state index contributed by atoms with van der Waals surface area (Å²) in [6.45, 7) is 2.13. The van der Waals surface area contributed by atoms with Crippen molar-refractivity contribution < 1.29 is 4.79 Å². The van der Waals surface area contributed by atoms with E-state index in [1.807, 2.05) is 35.7 Å². The standard InChI is InChI=1S/C19H15N3OS/c1-2-13-6-3-4-7-14(13)16-9-10-20-19-15(12-21-22(16)19)18(23)17-8-5-11-24-17/h3-12H,2H2,1H3. The van der Waals surface area contributed by atoms with Gasteiger partial charge in [0.25, 0.3) is 0 Å². The molecule has 1 aromatic carbocycles. The Hall–Kier alpha value is -2.79. The summed E-state index contributed by atoms with van der Waals surface area (Å²) in [5, 5.41) is 6.34. The third-order valence-corrected chi connectivity index (χ3v) is 4.93. The van der Waals surface area contributed by atoms with E-state index in [1.165, 1.54) is 16.9 Å². The van der Waals surface area contributed by atoms with Crippen LogP contribution in [0.1, 0.15) is 27.7 Å². The van der Waals surface area contributed by atoms with Gasteiger partial charge in [0.2, 0.25) is 5.78 Å². The van der Waals surface area contributed by atoms with Crippen LogP contribution in [0.15, 0.2) is 60.2 Å². The van der Waals surface area contributed by atoms with Crippen molar-refractivity contribution in [2.45, 2.75) is 13.3 Å². The molecule has 0 atom stereocenters. The number of rotatable bonds is 4. The molecule has 0 amide bonds. The number of ketones is 1. The molecule has 0 N–H and O–H groups in total. The number of hydrogen-bond acceptors (Lipinski definition) is 4. The summed E-state index contributed by atoms with van der Waals surface area (Å²) in [7, 11) is 0. The van der Waals surface area contributed by atoms with Gasteiger partial charge in [0, 0.05) is 11.8 Å². The number of carbonyl (C=O) groups is 1. The van der Waals surface area contributed by atoms with Gasteiger partial charge in [-0.05, 0) is 29.5 Å². The second-order valence-corrected chi connectivity index (χ2v) is 6.39.